The number of halogens is 2. The predicted octanol–water partition coefficient (Wildman–Crippen LogP) is 4.52. The number of nitrogens with zero attached hydrogens (tertiary/aromatic N) is 3. The summed E-state index contributed by atoms with van der Waals surface area (Å²) in [4.78, 5) is 14.8. The van der Waals surface area contributed by atoms with Gasteiger partial charge in [-0.25, -0.2) is 22.0 Å². The van der Waals surface area contributed by atoms with Crippen molar-refractivity contribution < 1.29 is 31.5 Å². The lowest BCUT2D eigenvalue weighted by molar-refractivity contribution is -0.0474. The van der Waals surface area contributed by atoms with E-state index in [4.69, 9.17) is 9.47 Å². The third-order valence-electron chi connectivity index (χ3n) is 6.98. The van der Waals surface area contributed by atoms with Gasteiger partial charge in [-0.05, 0) is 70.7 Å². The molecule has 1 unspecified atom stereocenters. The quantitative estimate of drug-likeness (QED) is 0.444. The van der Waals surface area contributed by atoms with E-state index in [9.17, 15) is 22.0 Å². The normalized spacial score (nSPS) is 22.1. The predicted molar refractivity (Wildman–Crippen MR) is 141 cm³/mol. The molecule has 0 aliphatic carbocycles. The summed E-state index contributed by atoms with van der Waals surface area (Å²) in [7, 11) is -3.36. The number of rotatable bonds is 9. The second kappa shape index (κ2) is 11.9. The molecule has 9 nitrogen and oxygen atoms in total. The zero-order valence-corrected chi connectivity index (χ0v) is 23.8. The molecule has 1 N–H and O–H groups in total. The van der Waals surface area contributed by atoms with Gasteiger partial charge in [-0.15, -0.1) is 0 Å². The Labute approximate surface area is 228 Å². The summed E-state index contributed by atoms with van der Waals surface area (Å²) in [5.74, 6) is -0.982. The van der Waals surface area contributed by atoms with Gasteiger partial charge in [0.2, 0.25) is 0 Å². The summed E-state index contributed by atoms with van der Waals surface area (Å²) < 4.78 is 64.2. The van der Waals surface area contributed by atoms with E-state index >= 15 is 0 Å². The summed E-state index contributed by atoms with van der Waals surface area (Å²) in [6.07, 6.45) is 5.70. The number of unbranched alkanes of at least 4 members (excludes halogenated alkanes) is 2. The number of hydrogen-bond donors (Lipinski definition) is 1. The Morgan fingerprint density at radius 2 is 1.97 bits per heavy atom. The molecule has 2 aliphatic heterocycles. The van der Waals surface area contributed by atoms with Crippen LogP contribution in [-0.2, 0) is 32.6 Å². The van der Waals surface area contributed by atoms with Crippen LogP contribution >= 0.6 is 0 Å². The lowest BCUT2D eigenvalue weighted by Gasteiger charge is -2.37. The second-order valence-corrected chi connectivity index (χ2v) is 13.4. The molecule has 1 aromatic carbocycles. The Morgan fingerprint density at radius 3 is 2.67 bits per heavy atom. The van der Waals surface area contributed by atoms with Crippen LogP contribution in [0.1, 0.15) is 75.8 Å². The highest BCUT2D eigenvalue weighted by Gasteiger charge is 2.36. The average molecular weight is 569 g/mol. The van der Waals surface area contributed by atoms with Gasteiger partial charge in [-0.2, -0.15) is 9.19 Å². The van der Waals surface area contributed by atoms with E-state index in [1.807, 2.05) is 0 Å². The Balaban J connectivity index is 1.26. The summed E-state index contributed by atoms with van der Waals surface area (Å²) in [5.41, 5.74) is 1.16. The minimum absolute atomic E-state index is 0.0873. The van der Waals surface area contributed by atoms with Crippen LogP contribution in [-0.4, -0.2) is 59.6 Å². The van der Waals surface area contributed by atoms with E-state index in [1.54, 1.807) is 27.0 Å². The average Bonchev–Trinajstić information content (AvgIpc) is 3.39. The minimum Gasteiger partial charge on any atom is -0.444 e. The van der Waals surface area contributed by atoms with Gasteiger partial charge in [0.25, 0.3) is 10.0 Å². The number of alkyl carbamates (subject to hydrolysis) is 1. The lowest BCUT2D eigenvalue weighted by Crippen LogP contribution is -2.47. The first-order valence-corrected chi connectivity index (χ1v) is 15.2. The first-order valence-electron chi connectivity index (χ1n) is 13.3. The maximum atomic E-state index is 14.6. The molecule has 0 spiro atoms. The molecule has 4 rings (SSSR count). The fourth-order valence-electron chi connectivity index (χ4n) is 5.21. The van der Waals surface area contributed by atoms with Crippen molar-refractivity contribution in [2.45, 2.75) is 83.7 Å². The van der Waals surface area contributed by atoms with Gasteiger partial charge in [0, 0.05) is 30.4 Å². The second-order valence-electron chi connectivity index (χ2n) is 11.6. The number of amides is 1. The van der Waals surface area contributed by atoms with Gasteiger partial charge in [0.05, 0.1) is 24.6 Å². The number of ether oxygens (including phenoxy) is 2. The van der Waals surface area contributed by atoms with Crippen LogP contribution in [0.2, 0.25) is 0 Å². The van der Waals surface area contributed by atoms with E-state index in [0.717, 1.165) is 72.0 Å². The Morgan fingerprint density at radius 1 is 1.21 bits per heavy atom. The van der Waals surface area contributed by atoms with Gasteiger partial charge in [-0.1, -0.05) is 12.8 Å². The Bertz CT molecular complexity index is 1250. The Kier molecular flexibility index (Phi) is 8.97. The maximum absolute atomic E-state index is 14.6. The van der Waals surface area contributed by atoms with Crippen molar-refractivity contribution in [2.75, 3.05) is 19.4 Å². The van der Waals surface area contributed by atoms with Crippen LogP contribution in [0.5, 0.6) is 0 Å². The zero-order valence-electron chi connectivity index (χ0n) is 23.0. The fraction of sp³-hybridized carbons (Fsp3) is 0.630. The summed E-state index contributed by atoms with van der Waals surface area (Å²) >= 11 is 0. The molecule has 2 aliphatic rings. The number of benzene rings is 1. The van der Waals surface area contributed by atoms with Crippen LogP contribution in [0.15, 0.2) is 24.4 Å². The molecule has 1 saturated heterocycles. The van der Waals surface area contributed by atoms with E-state index in [0.29, 0.717) is 26.1 Å². The van der Waals surface area contributed by atoms with Gasteiger partial charge >= 0.3 is 6.09 Å². The van der Waals surface area contributed by atoms with E-state index in [-0.39, 0.29) is 11.5 Å². The largest absolute Gasteiger partial charge is 0.444 e. The monoisotopic (exact) mass is 568 g/mol. The highest BCUT2D eigenvalue weighted by atomic mass is 32.2. The molecule has 3 atom stereocenters. The summed E-state index contributed by atoms with van der Waals surface area (Å²) in [6, 6.07) is 2.70. The van der Waals surface area contributed by atoms with Crippen LogP contribution in [0, 0.1) is 17.6 Å². The van der Waals surface area contributed by atoms with Gasteiger partial charge in [0.15, 0.2) is 0 Å². The smallest absolute Gasteiger partial charge is 0.407 e. The topological polar surface area (TPSA) is 103 Å². The molecule has 12 heteroatoms. The van der Waals surface area contributed by atoms with Crippen molar-refractivity contribution in [1.29, 1.82) is 0 Å². The van der Waals surface area contributed by atoms with Crippen LogP contribution in [0.3, 0.4) is 0 Å². The molecule has 0 radical (unpaired) electrons. The molecule has 3 heterocycles. The first kappa shape index (κ1) is 29.4. The van der Waals surface area contributed by atoms with Crippen molar-refractivity contribution in [2.24, 2.45) is 5.92 Å². The summed E-state index contributed by atoms with van der Waals surface area (Å²) in [6.45, 7) is 7.91. The molecule has 0 bridgehead atoms. The number of fused-ring (bicyclic) bond motifs is 1. The van der Waals surface area contributed by atoms with Gasteiger partial charge in [0.1, 0.15) is 23.3 Å². The minimum atomic E-state index is -3.36. The fourth-order valence-corrected chi connectivity index (χ4v) is 5.77. The van der Waals surface area contributed by atoms with Gasteiger partial charge in [-0.3, -0.25) is 4.90 Å². The molecule has 39 heavy (non-hydrogen) atoms. The zero-order chi connectivity index (χ0) is 28.4. The van der Waals surface area contributed by atoms with E-state index in [1.165, 1.54) is 0 Å². The number of aromatic nitrogens is 2. The van der Waals surface area contributed by atoms with Crippen molar-refractivity contribution in [3.63, 3.8) is 0 Å². The van der Waals surface area contributed by atoms with Crippen LogP contribution in [0.4, 0.5) is 13.6 Å². The number of carbonyl (C=O) groups excluding carboxylic acids is 1. The molecule has 1 fully saturated rings. The molecule has 216 valence electrons. The van der Waals surface area contributed by atoms with E-state index < -0.39 is 45.5 Å². The van der Waals surface area contributed by atoms with Crippen LogP contribution in [0.25, 0.3) is 0 Å². The standard InChI is InChI=1S/C27H38F2N4O5S/c1-27(2,3)38-26(34)30-23-12-18(17-37-25(23)21-13-20(28)9-10-22(21)29)8-6-5-7-11-32-14-19-15-33(39(4,35)36)31-24(19)16-32/h9-10,13,15,18,23,25H,5-8,11-12,14,16-17H2,1-4H3,(H,30,34)/t18?,23-,25+/m0/s1. The third-order valence-corrected chi connectivity index (χ3v) is 7.85. The van der Waals surface area contributed by atoms with Gasteiger partial charge < -0.3 is 14.8 Å². The lowest BCUT2D eigenvalue weighted by atomic mass is 9.87. The first-order chi connectivity index (χ1) is 18.3. The maximum Gasteiger partial charge on any atom is 0.407 e. The molecule has 0 saturated carbocycles. The van der Waals surface area contributed by atoms with Crippen molar-refractivity contribution >= 4 is 16.1 Å². The molecule has 2 aromatic rings. The SMILES string of the molecule is CC(C)(C)OC(=O)N[C@H]1CC(CCCCCN2Cc3cn(S(C)(=O)=O)nc3C2)CO[C@@H]1c1cc(F)ccc1F. The molecule has 1 amide bonds. The summed E-state index contributed by atoms with van der Waals surface area (Å²) in [5, 5.41) is 7.02. The highest BCUT2D eigenvalue weighted by molar-refractivity contribution is 7.89. The van der Waals surface area contributed by atoms with Crippen LogP contribution < -0.4 is 5.32 Å². The number of nitrogens with one attached hydrogen (secondary N) is 1. The third kappa shape index (κ3) is 7.98. The van der Waals surface area contributed by atoms with Crippen molar-refractivity contribution in [3.05, 3.63) is 52.9 Å². The molecular formula is C27H38F2N4O5S. The number of hydrogen-bond acceptors (Lipinski definition) is 7. The highest BCUT2D eigenvalue weighted by Crippen LogP contribution is 2.35. The van der Waals surface area contributed by atoms with Crippen molar-refractivity contribution in [3.8, 4) is 0 Å². The van der Waals surface area contributed by atoms with Crippen molar-refractivity contribution in [1.82, 2.24) is 19.4 Å². The number of carbonyl (C=O) groups is 1. The molecular weight excluding hydrogens is 530 g/mol. The molecule has 1 aromatic heterocycles. The Hall–Kier alpha value is -2.57. The van der Waals surface area contributed by atoms with E-state index in [2.05, 4.69) is 15.3 Å².